The van der Waals surface area contributed by atoms with Gasteiger partial charge in [-0.3, -0.25) is 4.99 Å². The number of ether oxygens (including phenoxy) is 2. The van der Waals surface area contributed by atoms with E-state index in [0.29, 0.717) is 12.4 Å². The van der Waals surface area contributed by atoms with E-state index in [4.69, 9.17) is 9.47 Å². The summed E-state index contributed by atoms with van der Waals surface area (Å²) in [5.41, 5.74) is 0.993. The molecule has 6 nitrogen and oxygen atoms in total. The van der Waals surface area contributed by atoms with Gasteiger partial charge in [-0.1, -0.05) is 6.07 Å². The van der Waals surface area contributed by atoms with Crippen molar-refractivity contribution >= 4 is 29.9 Å². The Balaban J connectivity index is 0.00000400. The van der Waals surface area contributed by atoms with Gasteiger partial charge in [0, 0.05) is 45.1 Å². The van der Waals surface area contributed by atoms with E-state index in [1.807, 2.05) is 19.1 Å². The fourth-order valence-corrected chi connectivity index (χ4v) is 1.67. The van der Waals surface area contributed by atoms with Crippen molar-refractivity contribution in [2.45, 2.75) is 19.9 Å². The van der Waals surface area contributed by atoms with E-state index >= 15 is 0 Å². The molecule has 2 N–H and O–H groups in total. The predicted molar refractivity (Wildman–Crippen MR) is 95.5 cm³/mol. The number of guanidine groups is 1. The molecule has 1 rings (SSSR count). The van der Waals surface area contributed by atoms with Crippen LogP contribution >= 0.6 is 24.0 Å². The van der Waals surface area contributed by atoms with Crippen LogP contribution in [0.1, 0.15) is 18.9 Å². The third-order valence-electron chi connectivity index (χ3n) is 2.68. The van der Waals surface area contributed by atoms with Gasteiger partial charge in [-0.05, 0) is 19.4 Å². The standard InChI is InChI=1S/C14H24N4O2.HI/c1-4-20-10-6-9-17-14(15-2)18-11-12-7-5-8-16-13(12)19-3;/h5,7-8H,4,6,9-11H2,1-3H3,(H2,15,17,18);1H. The van der Waals surface area contributed by atoms with Crippen LogP contribution in [0.2, 0.25) is 0 Å². The first kappa shape index (κ1) is 19.9. The lowest BCUT2D eigenvalue weighted by Gasteiger charge is -2.13. The van der Waals surface area contributed by atoms with Crippen molar-refractivity contribution in [2.24, 2.45) is 4.99 Å². The molecule has 21 heavy (non-hydrogen) atoms. The quantitative estimate of drug-likeness (QED) is 0.297. The molecule has 0 radical (unpaired) electrons. The molecule has 0 aliphatic carbocycles. The lowest BCUT2D eigenvalue weighted by atomic mass is 10.2. The van der Waals surface area contributed by atoms with Crippen molar-refractivity contribution in [1.82, 2.24) is 15.6 Å². The minimum absolute atomic E-state index is 0. The zero-order chi connectivity index (χ0) is 14.6. The van der Waals surface area contributed by atoms with Crippen molar-refractivity contribution in [1.29, 1.82) is 0 Å². The molecule has 0 aromatic carbocycles. The van der Waals surface area contributed by atoms with Crippen LogP contribution in [0.4, 0.5) is 0 Å². The Labute approximate surface area is 143 Å². The number of hydrogen-bond acceptors (Lipinski definition) is 4. The summed E-state index contributed by atoms with van der Waals surface area (Å²) in [5.74, 6) is 1.39. The van der Waals surface area contributed by atoms with Gasteiger partial charge < -0.3 is 20.1 Å². The van der Waals surface area contributed by atoms with Crippen molar-refractivity contribution in [3.05, 3.63) is 23.9 Å². The van der Waals surface area contributed by atoms with Crippen LogP contribution in [-0.2, 0) is 11.3 Å². The summed E-state index contributed by atoms with van der Waals surface area (Å²) in [6.45, 7) is 4.95. The van der Waals surface area contributed by atoms with Crippen LogP contribution in [-0.4, -0.2) is 44.9 Å². The molecule has 0 fully saturated rings. The largest absolute Gasteiger partial charge is 0.481 e. The summed E-state index contributed by atoms with van der Waals surface area (Å²) >= 11 is 0. The maximum absolute atomic E-state index is 5.28. The molecule has 0 atom stereocenters. The number of hydrogen-bond donors (Lipinski definition) is 2. The first-order chi connectivity index (χ1) is 9.81. The molecule has 120 valence electrons. The van der Waals surface area contributed by atoms with Crippen molar-refractivity contribution < 1.29 is 9.47 Å². The normalized spacial score (nSPS) is 10.7. The monoisotopic (exact) mass is 408 g/mol. The average molecular weight is 408 g/mol. The van der Waals surface area contributed by atoms with Crippen molar-refractivity contribution in [3.63, 3.8) is 0 Å². The summed E-state index contributed by atoms with van der Waals surface area (Å²) in [4.78, 5) is 8.33. The van der Waals surface area contributed by atoms with E-state index in [2.05, 4.69) is 20.6 Å². The molecule has 1 aromatic rings. The van der Waals surface area contributed by atoms with Crippen LogP contribution in [0.25, 0.3) is 0 Å². The predicted octanol–water partition coefficient (Wildman–Crippen LogP) is 1.80. The number of pyridine rings is 1. The Morgan fingerprint density at radius 2 is 2.19 bits per heavy atom. The molecule has 0 saturated carbocycles. The molecule has 0 aliphatic rings. The summed E-state index contributed by atoms with van der Waals surface area (Å²) in [6, 6.07) is 3.86. The number of halogens is 1. The van der Waals surface area contributed by atoms with Gasteiger partial charge in [0.25, 0.3) is 0 Å². The maximum atomic E-state index is 5.28. The zero-order valence-corrected chi connectivity index (χ0v) is 15.2. The smallest absolute Gasteiger partial charge is 0.218 e. The molecule has 7 heteroatoms. The Morgan fingerprint density at radius 3 is 2.86 bits per heavy atom. The highest BCUT2D eigenvalue weighted by Crippen LogP contribution is 2.12. The SMILES string of the molecule is CCOCCCNC(=NC)NCc1cccnc1OC.I. The van der Waals surface area contributed by atoms with Crippen molar-refractivity contribution in [3.8, 4) is 5.88 Å². The highest BCUT2D eigenvalue weighted by molar-refractivity contribution is 14.0. The molecule has 1 aromatic heterocycles. The molecule has 0 spiro atoms. The Hall–Kier alpha value is -1.09. The van der Waals surface area contributed by atoms with Gasteiger partial charge in [0.05, 0.1) is 7.11 Å². The second-order valence-electron chi connectivity index (χ2n) is 4.07. The molecular formula is C14H25IN4O2. The number of aromatic nitrogens is 1. The Kier molecular flexibility index (Phi) is 12.0. The molecular weight excluding hydrogens is 383 g/mol. The number of nitrogens with one attached hydrogen (secondary N) is 2. The van der Waals surface area contributed by atoms with Crippen molar-refractivity contribution in [2.75, 3.05) is 33.9 Å². The van der Waals surface area contributed by atoms with Gasteiger partial charge in [-0.25, -0.2) is 4.98 Å². The fourth-order valence-electron chi connectivity index (χ4n) is 1.67. The molecule has 0 unspecified atom stereocenters. The first-order valence-electron chi connectivity index (χ1n) is 6.82. The summed E-state index contributed by atoms with van der Waals surface area (Å²) in [6.07, 6.45) is 2.66. The second kappa shape index (κ2) is 12.6. The molecule has 0 bridgehead atoms. The Morgan fingerprint density at radius 1 is 1.38 bits per heavy atom. The maximum Gasteiger partial charge on any atom is 0.218 e. The molecule has 0 aliphatic heterocycles. The Bertz CT molecular complexity index is 416. The van der Waals surface area contributed by atoms with E-state index in [9.17, 15) is 0 Å². The summed E-state index contributed by atoms with van der Waals surface area (Å²) in [7, 11) is 3.37. The topological polar surface area (TPSA) is 67.8 Å². The highest BCUT2D eigenvalue weighted by atomic mass is 127. The molecule has 1 heterocycles. The van der Waals surface area contributed by atoms with Crippen LogP contribution in [0.15, 0.2) is 23.3 Å². The third kappa shape index (κ3) is 8.05. The van der Waals surface area contributed by atoms with Gasteiger partial charge in [0.1, 0.15) is 0 Å². The average Bonchev–Trinajstić information content (AvgIpc) is 2.50. The van der Waals surface area contributed by atoms with Crippen LogP contribution in [0.5, 0.6) is 5.88 Å². The third-order valence-corrected chi connectivity index (χ3v) is 2.68. The number of rotatable bonds is 8. The fraction of sp³-hybridized carbons (Fsp3) is 0.571. The van der Waals surface area contributed by atoms with Gasteiger partial charge in [-0.2, -0.15) is 0 Å². The lowest BCUT2D eigenvalue weighted by molar-refractivity contribution is 0.145. The zero-order valence-electron chi connectivity index (χ0n) is 12.9. The van der Waals surface area contributed by atoms with E-state index in [-0.39, 0.29) is 24.0 Å². The van der Waals surface area contributed by atoms with E-state index in [1.165, 1.54) is 0 Å². The summed E-state index contributed by atoms with van der Waals surface area (Å²) < 4.78 is 10.5. The summed E-state index contributed by atoms with van der Waals surface area (Å²) in [5, 5.41) is 6.46. The van der Waals surface area contributed by atoms with Gasteiger partial charge in [0.2, 0.25) is 5.88 Å². The highest BCUT2D eigenvalue weighted by Gasteiger charge is 2.04. The van der Waals surface area contributed by atoms with Gasteiger partial charge >= 0.3 is 0 Å². The molecule has 0 amide bonds. The first-order valence-corrected chi connectivity index (χ1v) is 6.82. The van der Waals surface area contributed by atoms with Gasteiger partial charge in [0.15, 0.2) is 5.96 Å². The van der Waals surface area contributed by atoms with Crippen LogP contribution in [0.3, 0.4) is 0 Å². The number of aliphatic imine (C=N–C) groups is 1. The molecule has 0 saturated heterocycles. The van der Waals surface area contributed by atoms with E-state index in [0.717, 1.165) is 37.7 Å². The van der Waals surface area contributed by atoms with E-state index in [1.54, 1.807) is 20.4 Å². The minimum Gasteiger partial charge on any atom is -0.481 e. The van der Waals surface area contributed by atoms with Crippen LogP contribution in [0, 0.1) is 0 Å². The second-order valence-corrected chi connectivity index (χ2v) is 4.07. The minimum atomic E-state index is 0. The number of methoxy groups -OCH3 is 1. The van der Waals surface area contributed by atoms with E-state index < -0.39 is 0 Å². The van der Waals surface area contributed by atoms with Gasteiger partial charge in [-0.15, -0.1) is 24.0 Å². The van der Waals surface area contributed by atoms with Crippen LogP contribution < -0.4 is 15.4 Å². The number of nitrogens with zero attached hydrogens (tertiary/aromatic N) is 2. The lowest BCUT2D eigenvalue weighted by Crippen LogP contribution is -2.37.